The van der Waals surface area contributed by atoms with Gasteiger partial charge in [-0.05, 0) is 67.8 Å². The molecule has 2 aromatic carbocycles. The Hall–Kier alpha value is -3.72. The molecule has 2 unspecified atom stereocenters. The number of morpholine rings is 1. The lowest BCUT2D eigenvalue weighted by atomic mass is 9.99. The zero-order valence-electron chi connectivity index (χ0n) is 19.5. The van der Waals surface area contributed by atoms with Crippen LogP contribution in [0.15, 0.2) is 48.5 Å². The van der Waals surface area contributed by atoms with Crippen LogP contribution in [0, 0.1) is 0 Å². The molecule has 2 atom stereocenters. The molecule has 2 saturated heterocycles. The lowest BCUT2D eigenvalue weighted by Gasteiger charge is -2.41. The van der Waals surface area contributed by atoms with Gasteiger partial charge in [0.15, 0.2) is 12.4 Å². The van der Waals surface area contributed by atoms with E-state index in [1.807, 2.05) is 4.90 Å². The smallest absolute Gasteiger partial charge is 0.338 e. The minimum atomic E-state index is -0.776. The van der Waals surface area contributed by atoms with Crippen LogP contribution in [-0.4, -0.2) is 67.5 Å². The average Bonchev–Trinajstić information content (AvgIpc) is 2.89. The maximum Gasteiger partial charge on any atom is 0.338 e. The maximum absolute atomic E-state index is 12.6. The van der Waals surface area contributed by atoms with Crippen molar-refractivity contribution in [2.45, 2.75) is 37.8 Å². The second-order valence-corrected chi connectivity index (χ2v) is 8.56. The van der Waals surface area contributed by atoms with Crippen molar-refractivity contribution >= 4 is 29.3 Å². The Morgan fingerprint density at radius 3 is 2.46 bits per heavy atom. The van der Waals surface area contributed by atoms with E-state index in [4.69, 9.17) is 14.2 Å². The number of benzene rings is 2. The largest absolute Gasteiger partial charge is 0.497 e. The van der Waals surface area contributed by atoms with E-state index in [0.717, 1.165) is 19.3 Å². The molecule has 184 valence electrons. The minimum Gasteiger partial charge on any atom is -0.497 e. The molecule has 0 aromatic heterocycles. The highest BCUT2D eigenvalue weighted by Gasteiger charge is 2.38. The highest BCUT2D eigenvalue weighted by atomic mass is 16.5. The number of nitrogens with zero attached hydrogens (tertiary/aromatic N) is 1. The first kappa shape index (κ1) is 24.4. The van der Waals surface area contributed by atoms with E-state index in [1.165, 1.54) is 19.2 Å². The number of methoxy groups -OCH3 is 1. The fraction of sp³-hybridized carbons (Fsp3) is 0.385. The highest BCUT2D eigenvalue weighted by Crippen LogP contribution is 2.24. The Morgan fingerprint density at radius 1 is 1.03 bits per heavy atom. The van der Waals surface area contributed by atoms with E-state index >= 15 is 0 Å². The number of carbonyl (C=O) groups is 4. The van der Waals surface area contributed by atoms with Crippen LogP contribution in [0.1, 0.15) is 46.4 Å². The summed E-state index contributed by atoms with van der Waals surface area (Å²) >= 11 is 0. The Bertz CT molecular complexity index is 1080. The van der Waals surface area contributed by atoms with E-state index in [9.17, 15) is 19.2 Å². The van der Waals surface area contributed by atoms with E-state index in [-0.39, 0.29) is 35.6 Å². The first-order valence-corrected chi connectivity index (χ1v) is 11.6. The van der Waals surface area contributed by atoms with Crippen LogP contribution in [0.3, 0.4) is 0 Å². The van der Waals surface area contributed by atoms with Crippen LogP contribution < -0.4 is 10.1 Å². The zero-order chi connectivity index (χ0) is 24.8. The van der Waals surface area contributed by atoms with Crippen molar-refractivity contribution in [1.82, 2.24) is 4.90 Å². The van der Waals surface area contributed by atoms with Gasteiger partial charge in [0.2, 0.25) is 5.91 Å². The first-order chi connectivity index (χ1) is 16.9. The third-order valence-corrected chi connectivity index (χ3v) is 6.20. The normalized spacial score (nSPS) is 19.5. The molecule has 1 N–H and O–H groups in total. The summed E-state index contributed by atoms with van der Waals surface area (Å²) in [6.07, 6.45) is 2.16. The number of hydrogen-bond acceptors (Lipinski definition) is 7. The number of rotatable bonds is 8. The van der Waals surface area contributed by atoms with Gasteiger partial charge >= 0.3 is 5.97 Å². The van der Waals surface area contributed by atoms with Gasteiger partial charge in [-0.3, -0.25) is 14.4 Å². The molecule has 0 spiro atoms. The van der Waals surface area contributed by atoms with Crippen molar-refractivity contribution in [1.29, 1.82) is 0 Å². The van der Waals surface area contributed by atoms with Crippen LogP contribution in [-0.2, 0) is 19.1 Å². The van der Waals surface area contributed by atoms with E-state index in [2.05, 4.69) is 5.32 Å². The number of hydrogen-bond donors (Lipinski definition) is 1. The minimum absolute atomic E-state index is 0.0701. The molecular formula is C26H28N2O7. The standard InChI is InChI=1S/C26H28N2O7/c1-33-21-11-7-17(8-12-21)22(29)16-35-26(32)18-5-9-19(10-6-18)27-24(30)14-23-25(31)28-13-3-2-4-20(28)15-34-23/h5-12,20,23H,2-4,13-16H2,1H3,(H,27,30). The summed E-state index contributed by atoms with van der Waals surface area (Å²) in [6, 6.07) is 12.7. The highest BCUT2D eigenvalue weighted by molar-refractivity contribution is 6.00. The number of Topliss-reactive ketones (excluding diaryl/α,β-unsaturated/α-hetero) is 1. The Kier molecular flexibility index (Phi) is 7.77. The Balaban J connectivity index is 1.25. The molecule has 2 amide bonds. The number of carbonyl (C=O) groups excluding carboxylic acids is 4. The predicted molar refractivity (Wildman–Crippen MR) is 126 cm³/mol. The third-order valence-electron chi connectivity index (χ3n) is 6.20. The van der Waals surface area contributed by atoms with Crippen molar-refractivity contribution in [3.63, 3.8) is 0 Å². The molecule has 0 saturated carbocycles. The monoisotopic (exact) mass is 480 g/mol. The van der Waals surface area contributed by atoms with Crippen molar-refractivity contribution in [2.75, 3.05) is 32.2 Å². The SMILES string of the molecule is COc1ccc(C(=O)COC(=O)c2ccc(NC(=O)CC3OCC4CCCCN4C3=O)cc2)cc1. The zero-order valence-corrected chi connectivity index (χ0v) is 19.5. The summed E-state index contributed by atoms with van der Waals surface area (Å²) in [5.41, 5.74) is 1.13. The molecular weight excluding hydrogens is 452 g/mol. The summed E-state index contributed by atoms with van der Waals surface area (Å²) in [4.78, 5) is 51.4. The van der Waals surface area contributed by atoms with Crippen LogP contribution in [0.4, 0.5) is 5.69 Å². The van der Waals surface area contributed by atoms with Crippen LogP contribution in [0.5, 0.6) is 5.75 Å². The van der Waals surface area contributed by atoms with Gasteiger partial charge in [0.05, 0.1) is 31.7 Å². The van der Waals surface area contributed by atoms with Gasteiger partial charge < -0.3 is 24.4 Å². The van der Waals surface area contributed by atoms with Gasteiger partial charge in [-0.2, -0.15) is 0 Å². The van der Waals surface area contributed by atoms with Crippen LogP contribution >= 0.6 is 0 Å². The quantitative estimate of drug-likeness (QED) is 0.457. The number of ether oxygens (including phenoxy) is 3. The maximum atomic E-state index is 12.6. The third kappa shape index (κ3) is 6.05. The molecule has 35 heavy (non-hydrogen) atoms. The number of anilines is 1. The van der Waals surface area contributed by atoms with Gasteiger partial charge in [-0.15, -0.1) is 0 Å². The molecule has 2 aliphatic rings. The van der Waals surface area contributed by atoms with Crippen molar-refractivity contribution in [3.8, 4) is 5.75 Å². The lowest BCUT2D eigenvalue weighted by molar-refractivity contribution is -0.163. The van der Waals surface area contributed by atoms with Crippen molar-refractivity contribution in [3.05, 3.63) is 59.7 Å². The molecule has 2 aromatic rings. The van der Waals surface area contributed by atoms with Gasteiger partial charge in [0, 0.05) is 17.8 Å². The van der Waals surface area contributed by atoms with Gasteiger partial charge in [0.25, 0.3) is 5.91 Å². The van der Waals surface area contributed by atoms with E-state index in [0.29, 0.717) is 30.2 Å². The second-order valence-electron chi connectivity index (χ2n) is 8.56. The summed E-state index contributed by atoms with van der Waals surface area (Å²) in [6.45, 7) is 0.784. The number of nitrogens with one attached hydrogen (secondary N) is 1. The topological polar surface area (TPSA) is 111 Å². The number of ketones is 1. The molecule has 0 bridgehead atoms. The van der Waals surface area contributed by atoms with Gasteiger partial charge in [0.1, 0.15) is 11.9 Å². The molecule has 4 rings (SSSR count). The number of fused-ring (bicyclic) bond motifs is 1. The summed E-state index contributed by atoms with van der Waals surface area (Å²) in [5.74, 6) is -0.834. The molecule has 0 aliphatic carbocycles. The molecule has 9 nitrogen and oxygen atoms in total. The average molecular weight is 481 g/mol. The Labute approximate surface area is 203 Å². The molecule has 2 heterocycles. The fourth-order valence-corrected chi connectivity index (χ4v) is 4.24. The summed E-state index contributed by atoms with van der Waals surface area (Å²) in [5, 5.41) is 2.72. The molecule has 2 fully saturated rings. The molecule has 2 aliphatic heterocycles. The van der Waals surface area contributed by atoms with Crippen molar-refractivity contribution < 1.29 is 33.4 Å². The Morgan fingerprint density at radius 2 is 1.74 bits per heavy atom. The molecule has 9 heteroatoms. The van der Waals surface area contributed by atoms with Crippen molar-refractivity contribution in [2.24, 2.45) is 0 Å². The predicted octanol–water partition coefficient (Wildman–Crippen LogP) is 2.84. The second kappa shape index (κ2) is 11.1. The van der Waals surface area contributed by atoms with E-state index in [1.54, 1.807) is 36.4 Å². The number of esters is 1. The molecule has 0 radical (unpaired) electrons. The first-order valence-electron chi connectivity index (χ1n) is 11.6. The van der Waals surface area contributed by atoms with Crippen LogP contribution in [0.2, 0.25) is 0 Å². The number of piperidine rings is 1. The number of amides is 2. The van der Waals surface area contributed by atoms with Gasteiger partial charge in [-0.25, -0.2) is 4.79 Å². The summed E-state index contributed by atoms with van der Waals surface area (Å²) in [7, 11) is 1.53. The fourth-order valence-electron chi connectivity index (χ4n) is 4.24. The lowest BCUT2D eigenvalue weighted by Crippen LogP contribution is -2.56. The van der Waals surface area contributed by atoms with E-state index < -0.39 is 18.7 Å². The van der Waals surface area contributed by atoms with Gasteiger partial charge in [-0.1, -0.05) is 0 Å². The summed E-state index contributed by atoms with van der Waals surface area (Å²) < 4.78 is 15.8. The van der Waals surface area contributed by atoms with Crippen LogP contribution in [0.25, 0.3) is 0 Å².